The molecule has 4 heteroatoms. The fraction of sp³-hybridized carbons (Fsp3) is 0.562. The van der Waals surface area contributed by atoms with Crippen molar-refractivity contribution in [2.45, 2.75) is 44.7 Å². The largest absolute Gasteiger partial charge is 0.478 e. The van der Waals surface area contributed by atoms with Gasteiger partial charge in [-0.05, 0) is 56.8 Å². The van der Waals surface area contributed by atoms with Gasteiger partial charge in [-0.25, -0.2) is 4.79 Å². The van der Waals surface area contributed by atoms with E-state index >= 15 is 0 Å². The molecular weight excluding hydrogens is 252 g/mol. The molecule has 2 aliphatic rings. The number of rotatable bonds is 3. The minimum atomic E-state index is -0.856. The molecule has 4 nitrogen and oxygen atoms in total. The van der Waals surface area contributed by atoms with Crippen LogP contribution >= 0.6 is 0 Å². The van der Waals surface area contributed by atoms with Crippen LogP contribution in [0, 0.1) is 6.92 Å². The molecule has 2 fully saturated rings. The second kappa shape index (κ2) is 5.44. The fourth-order valence-corrected chi connectivity index (χ4v) is 3.54. The molecule has 0 spiro atoms. The van der Waals surface area contributed by atoms with Gasteiger partial charge in [0.1, 0.15) is 0 Å². The summed E-state index contributed by atoms with van der Waals surface area (Å²) in [5.41, 5.74) is 2.24. The quantitative estimate of drug-likeness (QED) is 0.890. The molecule has 0 radical (unpaired) electrons. The predicted molar refractivity (Wildman–Crippen MR) is 79.4 cm³/mol. The van der Waals surface area contributed by atoms with Gasteiger partial charge in [0, 0.05) is 24.3 Å². The number of nitrogens with one attached hydrogen (secondary N) is 1. The lowest BCUT2D eigenvalue weighted by Crippen LogP contribution is -2.42. The van der Waals surface area contributed by atoms with Gasteiger partial charge < -0.3 is 15.3 Å². The summed E-state index contributed by atoms with van der Waals surface area (Å²) in [5, 5.41) is 12.8. The van der Waals surface area contributed by atoms with Crippen LogP contribution in [0.25, 0.3) is 0 Å². The molecule has 0 saturated carbocycles. The number of hydrogen-bond acceptors (Lipinski definition) is 3. The molecule has 2 saturated heterocycles. The average Bonchev–Trinajstić information content (AvgIpc) is 2.85. The molecule has 1 aromatic carbocycles. The lowest BCUT2D eigenvalue weighted by atomic mass is 9.96. The van der Waals surface area contributed by atoms with Crippen molar-refractivity contribution in [1.29, 1.82) is 0 Å². The van der Waals surface area contributed by atoms with E-state index < -0.39 is 5.97 Å². The number of aromatic carboxylic acids is 1. The number of carboxylic acids is 1. The van der Waals surface area contributed by atoms with Crippen molar-refractivity contribution in [3.8, 4) is 0 Å². The number of aryl methyl sites for hydroxylation is 1. The zero-order valence-corrected chi connectivity index (χ0v) is 11.9. The van der Waals surface area contributed by atoms with E-state index in [2.05, 4.69) is 10.2 Å². The normalized spacial score (nSPS) is 26.2. The Morgan fingerprint density at radius 1 is 1.35 bits per heavy atom. The number of fused-ring (bicyclic) bond motifs is 1. The fourth-order valence-electron chi connectivity index (χ4n) is 3.54. The molecule has 2 aliphatic heterocycles. The third-order valence-corrected chi connectivity index (χ3v) is 4.59. The minimum absolute atomic E-state index is 0.379. The van der Waals surface area contributed by atoms with Crippen molar-refractivity contribution in [2.75, 3.05) is 18.4 Å². The second-order valence-electron chi connectivity index (χ2n) is 6.05. The second-order valence-corrected chi connectivity index (χ2v) is 6.05. The highest BCUT2D eigenvalue weighted by molar-refractivity contribution is 5.94. The molecule has 0 amide bonds. The van der Waals surface area contributed by atoms with Crippen LogP contribution < -0.4 is 5.32 Å². The van der Waals surface area contributed by atoms with Crippen molar-refractivity contribution in [3.63, 3.8) is 0 Å². The summed E-state index contributed by atoms with van der Waals surface area (Å²) in [6.07, 6.45) is 4.83. The molecule has 108 valence electrons. The first-order chi connectivity index (χ1) is 9.63. The maximum absolute atomic E-state index is 11.3. The van der Waals surface area contributed by atoms with Gasteiger partial charge in [0.2, 0.25) is 0 Å². The molecule has 2 unspecified atom stereocenters. The van der Waals surface area contributed by atoms with E-state index in [0.29, 0.717) is 17.6 Å². The summed E-state index contributed by atoms with van der Waals surface area (Å²) in [6.45, 7) is 4.37. The highest BCUT2D eigenvalue weighted by atomic mass is 16.4. The lowest BCUT2D eigenvalue weighted by molar-refractivity contribution is 0.0698. The Bertz CT molecular complexity index is 515. The van der Waals surface area contributed by atoms with Crippen LogP contribution in [-0.2, 0) is 0 Å². The van der Waals surface area contributed by atoms with E-state index in [1.807, 2.05) is 19.1 Å². The van der Waals surface area contributed by atoms with Gasteiger partial charge in [0.25, 0.3) is 0 Å². The van der Waals surface area contributed by atoms with Crippen LogP contribution in [0.5, 0.6) is 0 Å². The maximum Gasteiger partial charge on any atom is 0.337 e. The van der Waals surface area contributed by atoms with Crippen molar-refractivity contribution >= 4 is 11.7 Å². The Balaban J connectivity index is 1.74. The smallest absolute Gasteiger partial charge is 0.337 e. The van der Waals surface area contributed by atoms with E-state index in [4.69, 9.17) is 0 Å². The monoisotopic (exact) mass is 274 g/mol. The van der Waals surface area contributed by atoms with E-state index in [1.54, 1.807) is 6.07 Å². The molecular formula is C16H22N2O2. The predicted octanol–water partition coefficient (Wildman–Crippen LogP) is 2.73. The van der Waals surface area contributed by atoms with Crippen LogP contribution in [0.1, 0.15) is 41.6 Å². The summed E-state index contributed by atoms with van der Waals surface area (Å²) in [4.78, 5) is 13.9. The van der Waals surface area contributed by atoms with Gasteiger partial charge in [-0.15, -0.1) is 0 Å². The van der Waals surface area contributed by atoms with E-state index in [0.717, 1.165) is 30.6 Å². The summed E-state index contributed by atoms with van der Waals surface area (Å²) < 4.78 is 0. The van der Waals surface area contributed by atoms with E-state index in [-0.39, 0.29) is 0 Å². The first-order valence-electron chi connectivity index (χ1n) is 7.48. The number of piperidine rings is 1. The number of benzene rings is 1. The summed E-state index contributed by atoms with van der Waals surface area (Å²) in [5.74, 6) is -0.856. The molecule has 0 aromatic heterocycles. The highest BCUT2D eigenvalue weighted by Crippen LogP contribution is 2.29. The van der Waals surface area contributed by atoms with Gasteiger partial charge in [0.15, 0.2) is 0 Å². The Kier molecular flexibility index (Phi) is 3.66. The van der Waals surface area contributed by atoms with Gasteiger partial charge in [-0.3, -0.25) is 0 Å². The highest BCUT2D eigenvalue weighted by Gasteiger charge is 2.31. The van der Waals surface area contributed by atoms with Crippen LogP contribution in [0.2, 0.25) is 0 Å². The zero-order chi connectivity index (χ0) is 14.1. The maximum atomic E-state index is 11.3. The Morgan fingerprint density at radius 3 is 3.00 bits per heavy atom. The first kappa shape index (κ1) is 13.4. The van der Waals surface area contributed by atoms with Gasteiger partial charge >= 0.3 is 5.97 Å². The molecule has 2 N–H and O–H groups in total. The molecule has 2 atom stereocenters. The Hall–Kier alpha value is -1.55. The third kappa shape index (κ3) is 2.66. The molecule has 0 aliphatic carbocycles. The van der Waals surface area contributed by atoms with Gasteiger partial charge in [-0.2, -0.15) is 0 Å². The standard InChI is InChI=1S/C16H22N2O2/c1-11-4-5-14(16(19)20)15(9-11)17-12-6-8-18-7-2-3-13(18)10-12/h4-5,9,12-13,17H,2-3,6-8,10H2,1H3,(H,19,20). The topological polar surface area (TPSA) is 52.6 Å². The van der Waals surface area contributed by atoms with Crippen LogP contribution in [0.3, 0.4) is 0 Å². The van der Waals surface area contributed by atoms with E-state index in [9.17, 15) is 9.90 Å². The van der Waals surface area contributed by atoms with Crippen molar-refractivity contribution in [1.82, 2.24) is 4.90 Å². The van der Waals surface area contributed by atoms with Gasteiger partial charge in [0.05, 0.1) is 5.56 Å². The molecule has 3 rings (SSSR count). The SMILES string of the molecule is Cc1ccc(C(=O)O)c(NC2CCN3CCCC3C2)c1. The number of hydrogen-bond donors (Lipinski definition) is 2. The van der Waals surface area contributed by atoms with Crippen LogP contribution in [0.15, 0.2) is 18.2 Å². The first-order valence-corrected chi connectivity index (χ1v) is 7.48. The Morgan fingerprint density at radius 2 is 2.20 bits per heavy atom. The van der Waals surface area contributed by atoms with E-state index in [1.165, 1.54) is 19.4 Å². The molecule has 20 heavy (non-hydrogen) atoms. The summed E-state index contributed by atoms with van der Waals surface area (Å²) in [6, 6.07) is 6.59. The average molecular weight is 274 g/mol. The molecule has 0 bridgehead atoms. The van der Waals surface area contributed by atoms with Crippen molar-refractivity contribution in [2.24, 2.45) is 0 Å². The molecule has 2 heterocycles. The molecule has 1 aromatic rings. The lowest BCUT2D eigenvalue weighted by Gasteiger charge is -2.35. The van der Waals surface area contributed by atoms with Crippen LogP contribution in [0.4, 0.5) is 5.69 Å². The van der Waals surface area contributed by atoms with Crippen LogP contribution in [-0.4, -0.2) is 41.1 Å². The zero-order valence-electron chi connectivity index (χ0n) is 11.9. The minimum Gasteiger partial charge on any atom is -0.478 e. The summed E-state index contributed by atoms with van der Waals surface area (Å²) in [7, 11) is 0. The number of anilines is 1. The van der Waals surface area contributed by atoms with Crippen molar-refractivity contribution < 1.29 is 9.90 Å². The number of nitrogens with zero attached hydrogens (tertiary/aromatic N) is 1. The number of carbonyl (C=O) groups is 1. The Labute approximate surface area is 119 Å². The van der Waals surface area contributed by atoms with Gasteiger partial charge in [-0.1, -0.05) is 6.07 Å². The third-order valence-electron chi connectivity index (χ3n) is 4.59. The van der Waals surface area contributed by atoms with Crippen molar-refractivity contribution in [3.05, 3.63) is 29.3 Å². The summed E-state index contributed by atoms with van der Waals surface area (Å²) >= 11 is 0. The number of carboxylic acid groups (broad SMARTS) is 1.